The molecule has 0 aliphatic heterocycles. The van der Waals surface area contributed by atoms with Crippen LogP contribution in [0.1, 0.15) is 21.6 Å². The van der Waals surface area contributed by atoms with Gasteiger partial charge in [0.05, 0.1) is 16.1 Å². The zero-order valence-electron chi connectivity index (χ0n) is 21.1. The number of aromatic nitrogens is 1. The Bertz CT molecular complexity index is 1680. The van der Waals surface area contributed by atoms with Crippen molar-refractivity contribution in [1.82, 2.24) is 4.98 Å². The highest BCUT2D eigenvalue weighted by atomic mass is 19.4. The van der Waals surface area contributed by atoms with E-state index in [4.69, 9.17) is 9.15 Å². The minimum Gasteiger partial charge on any atom is -0.489 e. The Morgan fingerprint density at radius 2 is 1.56 bits per heavy atom. The molecule has 0 radical (unpaired) electrons. The largest absolute Gasteiger partial charge is 0.489 e. The summed E-state index contributed by atoms with van der Waals surface area (Å²) in [7, 11) is 0. The van der Waals surface area contributed by atoms with Gasteiger partial charge in [0, 0.05) is 17.3 Å². The van der Waals surface area contributed by atoms with Crippen LogP contribution in [0, 0.1) is 10.1 Å². The maximum absolute atomic E-state index is 13.3. The van der Waals surface area contributed by atoms with Gasteiger partial charge in [0.1, 0.15) is 12.4 Å². The topological polar surface area (TPSA) is 108 Å². The number of nitro benzene ring substituents is 1. The third-order valence-corrected chi connectivity index (χ3v) is 6.01. The van der Waals surface area contributed by atoms with Crippen LogP contribution in [0.2, 0.25) is 0 Å². The second-order valence-corrected chi connectivity index (χ2v) is 8.80. The molecule has 0 spiro atoms. The number of halogens is 3. The van der Waals surface area contributed by atoms with Gasteiger partial charge in [-0.3, -0.25) is 14.9 Å². The molecule has 11 heteroatoms. The second-order valence-electron chi connectivity index (χ2n) is 8.80. The minimum atomic E-state index is -4.54. The maximum atomic E-state index is 13.3. The smallest absolute Gasteiger partial charge is 0.416 e. The SMILES string of the molecule is O=C(Nc1ccc(OCc2ccccc2)cc1)c1nc(-c2ccc(C(F)(F)F)cc2)oc1-c1ccccc1[N+](=O)[O-]. The van der Waals surface area contributed by atoms with Crippen LogP contribution in [0.4, 0.5) is 24.5 Å². The van der Waals surface area contributed by atoms with E-state index in [2.05, 4.69) is 10.3 Å². The number of hydrogen-bond donors (Lipinski definition) is 1. The van der Waals surface area contributed by atoms with Crippen molar-refractivity contribution in [3.63, 3.8) is 0 Å². The van der Waals surface area contributed by atoms with Gasteiger partial charge in [0.15, 0.2) is 11.5 Å². The van der Waals surface area contributed by atoms with Crippen LogP contribution >= 0.6 is 0 Å². The number of nitrogens with one attached hydrogen (secondary N) is 1. The number of ether oxygens (including phenoxy) is 1. The maximum Gasteiger partial charge on any atom is 0.416 e. The number of hydrogen-bond acceptors (Lipinski definition) is 6. The number of anilines is 1. The molecular formula is C30H20F3N3O5. The minimum absolute atomic E-state index is 0.0158. The number of carbonyl (C=O) groups excluding carboxylic acids is 1. The van der Waals surface area contributed by atoms with Crippen molar-refractivity contribution in [3.05, 3.63) is 130 Å². The fourth-order valence-corrected chi connectivity index (χ4v) is 3.97. The normalized spacial score (nSPS) is 11.2. The zero-order chi connectivity index (χ0) is 29.0. The molecule has 1 amide bonds. The molecule has 0 fully saturated rings. The molecule has 1 aromatic heterocycles. The standard InChI is InChI=1S/C30H20F3N3O5/c31-30(32,33)21-12-10-20(11-13-21)29-35-26(27(41-29)24-8-4-5-9-25(24)36(38)39)28(37)34-22-14-16-23(17-15-22)40-18-19-6-2-1-3-7-19/h1-17H,18H2,(H,34,37). The highest BCUT2D eigenvalue weighted by Gasteiger charge is 2.31. The third-order valence-electron chi connectivity index (χ3n) is 6.01. The van der Waals surface area contributed by atoms with E-state index in [1.54, 1.807) is 24.3 Å². The van der Waals surface area contributed by atoms with E-state index in [1.165, 1.54) is 24.3 Å². The van der Waals surface area contributed by atoms with Crippen LogP contribution in [0.3, 0.4) is 0 Å². The van der Waals surface area contributed by atoms with Gasteiger partial charge >= 0.3 is 6.18 Å². The number of nitrogens with zero attached hydrogens (tertiary/aromatic N) is 2. The summed E-state index contributed by atoms with van der Waals surface area (Å²) in [6.45, 7) is 0.359. The number of oxazole rings is 1. The zero-order valence-corrected chi connectivity index (χ0v) is 21.1. The van der Waals surface area contributed by atoms with E-state index in [0.717, 1.165) is 29.8 Å². The van der Waals surface area contributed by atoms with E-state index in [9.17, 15) is 28.1 Å². The highest BCUT2D eigenvalue weighted by Crippen LogP contribution is 2.37. The molecular weight excluding hydrogens is 539 g/mol. The summed E-state index contributed by atoms with van der Waals surface area (Å²) in [6, 6.07) is 25.7. The van der Waals surface area contributed by atoms with Crippen LogP contribution in [0.25, 0.3) is 22.8 Å². The third kappa shape index (κ3) is 6.25. The predicted octanol–water partition coefficient (Wildman–Crippen LogP) is 7.77. The first-order valence-electron chi connectivity index (χ1n) is 12.2. The molecule has 0 saturated carbocycles. The van der Waals surface area contributed by atoms with Crippen LogP contribution in [0.15, 0.2) is 108 Å². The highest BCUT2D eigenvalue weighted by molar-refractivity contribution is 6.07. The molecule has 5 aromatic rings. The van der Waals surface area contributed by atoms with Crippen molar-refractivity contribution in [2.24, 2.45) is 0 Å². The van der Waals surface area contributed by atoms with Crippen LogP contribution < -0.4 is 10.1 Å². The molecule has 0 unspecified atom stereocenters. The van der Waals surface area contributed by atoms with E-state index >= 15 is 0 Å². The van der Waals surface area contributed by atoms with E-state index in [1.807, 2.05) is 30.3 Å². The number of carbonyl (C=O) groups is 1. The molecule has 4 aromatic carbocycles. The van der Waals surface area contributed by atoms with Gasteiger partial charge in [-0.15, -0.1) is 0 Å². The monoisotopic (exact) mass is 559 g/mol. The summed E-state index contributed by atoms with van der Waals surface area (Å²) in [6.07, 6.45) is -4.54. The summed E-state index contributed by atoms with van der Waals surface area (Å²) >= 11 is 0. The van der Waals surface area contributed by atoms with Gasteiger partial charge < -0.3 is 14.5 Å². The lowest BCUT2D eigenvalue weighted by atomic mass is 10.1. The fourth-order valence-electron chi connectivity index (χ4n) is 3.97. The van der Waals surface area contributed by atoms with Crippen LogP contribution in [-0.2, 0) is 12.8 Å². The molecule has 5 rings (SSSR count). The van der Waals surface area contributed by atoms with Crippen molar-refractivity contribution in [1.29, 1.82) is 0 Å². The Hall–Kier alpha value is -5.45. The Kier molecular flexibility index (Phi) is 7.51. The summed E-state index contributed by atoms with van der Waals surface area (Å²) in [5.41, 5.74) is 0.0165. The summed E-state index contributed by atoms with van der Waals surface area (Å²) in [5.74, 6) is -0.550. The molecule has 0 aliphatic rings. The first-order chi connectivity index (χ1) is 19.7. The number of nitro groups is 1. The van der Waals surface area contributed by atoms with Gasteiger partial charge in [-0.2, -0.15) is 13.2 Å². The molecule has 41 heavy (non-hydrogen) atoms. The molecule has 0 bridgehead atoms. The number of amides is 1. The van der Waals surface area contributed by atoms with Crippen molar-refractivity contribution in [3.8, 4) is 28.5 Å². The molecule has 1 heterocycles. The van der Waals surface area contributed by atoms with Gasteiger partial charge in [-0.25, -0.2) is 4.98 Å². The molecule has 0 atom stereocenters. The van der Waals surface area contributed by atoms with E-state index < -0.39 is 22.6 Å². The number of para-hydroxylation sites is 1. The first-order valence-corrected chi connectivity index (χ1v) is 12.2. The average molecular weight is 560 g/mol. The van der Waals surface area contributed by atoms with Gasteiger partial charge in [-0.05, 0) is 60.2 Å². The average Bonchev–Trinajstić information content (AvgIpc) is 3.43. The fraction of sp³-hybridized carbons (Fsp3) is 0.0667. The summed E-state index contributed by atoms with van der Waals surface area (Å²) < 4.78 is 50.6. The molecule has 0 aliphatic carbocycles. The quantitative estimate of drug-likeness (QED) is 0.154. The lowest BCUT2D eigenvalue weighted by Crippen LogP contribution is -2.13. The van der Waals surface area contributed by atoms with Crippen molar-refractivity contribution in [2.45, 2.75) is 12.8 Å². The first kappa shape index (κ1) is 27.1. The van der Waals surface area contributed by atoms with Crippen molar-refractivity contribution in [2.75, 3.05) is 5.32 Å². The summed E-state index contributed by atoms with van der Waals surface area (Å²) in [5, 5.41) is 14.4. The number of alkyl halides is 3. The molecule has 206 valence electrons. The second kappa shape index (κ2) is 11.3. The predicted molar refractivity (Wildman–Crippen MR) is 144 cm³/mol. The van der Waals surface area contributed by atoms with Crippen LogP contribution in [0.5, 0.6) is 5.75 Å². The lowest BCUT2D eigenvalue weighted by Gasteiger charge is -2.08. The Balaban J connectivity index is 1.43. The van der Waals surface area contributed by atoms with Gasteiger partial charge in [0.2, 0.25) is 5.89 Å². The van der Waals surface area contributed by atoms with Crippen molar-refractivity contribution < 1.29 is 32.0 Å². The van der Waals surface area contributed by atoms with E-state index in [0.29, 0.717) is 18.0 Å². The molecule has 1 N–H and O–H groups in total. The Morgan fingerprint density at radius 3 is 2.22 bits per heavy atom. The lowest BCUT2D eigenvalue weighted by molar-refractivity contribution is -0.384. The number of benzene rings is 4. The number of rotatable bonds is 8. The summed E-state index contributed by atoms with van der Waals surface area (Å²) in [4.78, 5) is 28.6. The molecule has 0 saturated heterocycles. The Morgan fingerprint density at radius 1 is 0.902 bits per heavy atom. The van der Waals surface area contributed by atoms with Gasteiger partial charge in [0.25, 0.3) is 11.6 Å². The van der Waals surface area contributed by atoms with Crippen LogP contribution in [-0.4, -0.2) is 15.8 Å². The van der Waals surface area contributed by atoms with Gasteiger partial charge in [-0.1, -0.05) is 42.5 Å². The molecule has 8 nitrogen and oxygen atoms in total. The Labute approximate surface area is 231 Å². The van der Waals surface area contributed by atoms with Crippen molar-refractivity contribution >= 4 is 17.3 Å². The van der Waals surface area contributed by atoms with E-state index in [-0.39, 0.29) is 34.2 Å².